The number of sulfonamides is 1. The van der Waals surface area contributed by atoms with Gasteiger partial charge in [-0.05, 0) is 49.4 Å². The second-order valence-corrected chi connectivity index (χ2v) is 9.11. The minimum atomic E-state index is -4.81. The van der Waals surface area contributed by atoms with Gasteiger partial charge in [0.15, 0.2) is 0 Å². The zero-order valence-electron chi connectivity index (χ0n) is 16.7. The Morgan fingerprint density at radius 2 is 1.81 bits per heavy atom. The lowest BCUT2D eigenvalue weighted by atomic mass is 10.2. The van der Waals surface area contributed by atoms with E-state index in [-0.39, 0.29) is 17.1 Å². The Morgan fingerprint density at radius 1 is 1.12 bits per heavy atom. The zero-order chi connectivity index (χ0) is 23.5. The number of furan rings is 1. The SMILES string of the molecule is Cc1ccc(S(=O)(=O)N(CC(=O)NCc2ccco2)c2ccc(Cl)c(C(F)(F)F)c2)cc1. The Balaban J connectivity index is 1.99. The smallest absolute Gasteiger partial charge is 0.417 e. The van der Waals surface area contributed by atoms with Gasteiger partial charge in [0.05, 0.1) is 34.0 Å². The number of hydrogen-bond acceptors (Lipinski definition) is 4. The van der Waals surface area contributed by atoms with Crippen LogP contribution in [0.5, 0.6) is 0 Å². The van der Waals surface area contributed by atoms with Crippen molar-refractivity contribution in [2.24, 2.45) is 0 Å². The number of alkyl halides is 3. The van der Waals surface area contributed by atoms with Gasteiger partial charge >= 0.3 is 6.18 Å². The summed E-state index contributed by atoms with van der Waals surface area (Å²) in [6.45, 7) is 0.986. The predicted octanol–water partition coefficient (Wildman–Crippen LogP) is 4.77. The number of nitrogens with one attached hydrogen (secondary N) is 1. The van der Waals surface area contributed by atoms with E-state index in [1.54, 1.807) is 31.2 Å². The van der Waals surface area contributed by atoms with Gasteiger partial charge in [0, 0.05) is 0 Å². The fourth-order valence-electron chi connectivity index (χ4n) is 2.82. The van der Waals surface area contributed by atoms with Crippen LogP contribution in [-0.4, -0.2) is 20.9 Å². The Labute approximate surface area is 187 Å². The molecule has 1 N–H and O–H groups in total. The number of carbonyl (C=O) groups is 1. The van der Waals surface area contributed by atoms with Crippen molar-refractivity contribution in [3.63, 3.8) is 0 Å². The molecule has 11 heteroatoms. The Hall–Kier alpha value is -2.98. The van der Waals surface area contributed by atoms with Crippen molar-refractivity contribution < 1.29 is 30.8 Å². The number of nitrogens with zero attached hydrogens (tertiary/aromatic N) is 1. The Kier molecular flexibility index (Phi) is 6.85. The number of hydrogen-bond donors (Lipinski definition) is 1. The molecule has 0 unspecified atom stereocenters. The number of amides is 1. The molecule has 0 aliphatic rings. The van der Waals surface area contributed by atoms with E-state index in [9.17, 15) is 26.4 Å². The normalized spacial score (nSPS) is 11.9. The second-order valence-electron chi connectivity index (χ2n) is 6.84. The lowest BCUT2D eigenvalue weighted by molar-refractivity contribution is -0.137. The maximum absolute atomic E-state index is 13.4. The van der Waals surface area contributed by atoms with Gasteiger partial charge in [-0.1, -0.05) is 29.3 Å². The molecule has 0 fully saturated rings. The van der Waals surface area contributed by atoms with Crippen molar-refractivity contribution in [3.8, 4) is 0 Å². The van der Waals surface area contributed by atoms with E-state index in [1.165, 1.54) is 18.4 Å². The highest BCUT2D eigenvalue weighted by Gasteiger charge is 2.35. The van der Waals surface area contributed by atoms with E-state index in [0.29, 0.717) is 16.1 Å². The molecule has 0 bridgehead atoms. The van der Waals surface area contributed by atoms with Crippen LogP contribution in [-0.2, 0) is 27.5 Å². The van der Waals surface area contributed by atoms with E-state index >= 15 is 0 Å². The fraction of sp³-hybridized carbons (Fsp3) is 0.190. The molecule has 2 aromatic carbocycles. The lowest BCUT2D eigenvalue weighted by Crippen LogP contribution is -2.40. The molecule has 0 aliphatic heterocycles. The average molecular weight is 487 g/mol. The zero-order valence-corrected chi connectivity index (χ0v) is 18.3. The van der Waals surface area contributed by atoms with Crippen LogP contribution in [0.15, 0.2) is 70.2 Å². The quantitative estimate of drug-likeness (QED) is 0.521. The first-order chi connectivity index (χ1) is 15.0. The molecule has 0 saturated heterocycles. The van der Waals surface area contributed by atoms with Gasteiger partial charge in [-0.25, -0.2) is 8.42 Å². The van der Waals surface area contributed by atoms with Crippen LogP contribution in [0.2, 0.25) is 5.02 Å². The second kappa shape index (κ2) is 9.25. The summed E-state index contributed by atoms with van der Waals surface area (Å²) in [4.78, 5) is 12.3. The molecule has 3 aromatic rings. The van der Waals surface area contributed by atoms with E-state index in [4.69, 9.17) is 16.0 Å². The summed E-state index contributed by atoms with van der Waals surface area (Å²) in [5.74, 6) is -0.308. The van der Waals surface area contributed by atoms with Crippen LogP contribution < -0.4 is 9.62 Å². The van der Waals surface area contributed by atoms with Crippen LogP contribution in [0, 0.1) is 6.92 Å². The third-order valence-electron chi connectivity index (χ3n) is 4.48. The van der Waals surface area contributed by atoms with E-state index < -0.39 is 39.2 Å². The van der Waals surface area contributed by atoms with Gasteiger partial charge in [-0.2, -0.15) is 13.2 Å². The lowest BCUT2D eigenvalue weighted by Gasteiger charge is -2.25. The largest absolute Gasteiger partial charge is 0.467 e. The highest BCUT2D eigenvalue weighted by atomic mass is 35.5. The van der Waals surface area contributed by atoms with Gasteiger partial charge in [0.2, 0.25) is 5.91 Å². The van der Waals surface area contributed by atoms with Gasteiger partial charge in [-0.15, -0.1) is 0 Å². The van der Waals surface area contributed by atoms with Crippen molar-refractivity contribution in [2.45, 2.75) is 24.5 Å². The minimum absolute atomic E-state index is 0.0152. The van der Waals surface area contributed by atoms with Gasteiger partial charge in [-0.3, -0.25) is 9.10 Å². The minimum Gasteiger partial charge on any atom is -0.467 e. The summed E-state index contributed by atoms with van der Waals surface area (Å²) < 4.78 is 72.3. The molecule has 170 valence electrons. The number of carbonyl (C=O) groups excluding carboxylic acids is 1. The summed E-state index contributed by atoms with van der Waals surface area (Å²) in [5, 5.41) is 1.90. The highest BCUT2D eigenvalue weighted by Crippen LogP contribution is 2.38. The summed E-state index contributed by atoms with van der Waals surface area (Å²) in [6.07, 6.45) is -3.41. The topological polar surface area (TPSA) is 79.6 Å². The average Bonchev–Trinajstić information content (AvgIpc) is 3.24. The first kappa shape index (κ1) is 23.7. The van der Waals surface area contributed by atoms with Crippen LogP contribution in [0.3, 0.4) is 0 Å². The Bertz CT molecular complexity index is 1190. The molecule has 1 aromatic heterocycles. The Morgan fingerprint density at radius 3 is 2.41 bits per heavy atom. The van der Waals surface area contributed by atoms with Crippen molar-refractivity contribution in [1.82, 2.24) is 5.32 Å². The molecule has 0 spiro atoms. The molecule has 6 nitrogen and oxygen atoms in total. The summed E-state index contributed by atoms with van der Waals surface area (Å²) in [7, 11) is -4.37. The summed E-state index contributed by atoms with van der Waals surface area (Å²) in [6, 6.07) is 11.6. The first-order valence-electron chi connectivity index (χ1n) is 9.24. The molecule has 0 saturated carbocycles. The van der Waals surface area contributed by atoms with Crippen molar-refractivity contribution in [1.29, 1.82) is 0 Å². The molecular weight excluding hydrogens is 469 g/mol. The summed E-state index contributed by atoms with van der Waals surface area (Å²) in [5.41, 5.74) is -0.773. The molecule has 32 heavy (non-hydrogen) atoms. The monoisotopic (exact) mass is 486 g/mol. The molecule has 0 aliphatic carbocycles. The van der Waals surface area contributed by atoms with Crippen molar-refractivity contribution in [3.05, 3.63) is 82.8 Å². The predicted molar refractivity (Wildman–Crippen MR) is 113 cm³/mol. The molecule has 0 atom stereocenters. The first-order valence-corrected chi connectivity index (χ1v) is 11.1. The van der Waals surface area contributed by atoms with E-state index in [0.717, 1.165) is 17.7 Å². The third kappa shape index (κ3) is 5.43. The molecular formula is C21H18ClF3N2O4S. The van der Waals surface area contributed by atoms with Crippen molar-refractivity contribution in [2.75, 3.05) is 10.8 Å². The fourth-order valence-corrected chi connectivity index (χ4v) is 4.46. The van der Waals surface area contributed by atoms with Crippen LogP contribution in [0.1, 0.15) is 16.9 Å². The van der Waals surface area contributed by atoms with Crippen LogP contribution in [0.4, 0.5) is 18.9 Å². The number of anilines is 1. The standard InChI is InChI=1S/C21H18ClF3N2O4S/c1-14-4-7-17(8-5-14)32(29,30)27(13-20(28)26-12-16-3-2-10-31-16)15-6-9-19(22)18(11-15)21(23,24)25/h2-11H,12-13H2,1H3,(H,26,28). The molecule has 3 rings (SSSR count). The molecule has 1 heterocycles. The number of benzene rings is 2. The van der Waals surface area contributed by atoms with Crippen LogP contribution >= 0.6 is 11.6 Å². The van der Waals surface area contributed by atoms with Crippen LogP contribution in [0.25, 0.3) is 0 Å². The number of halogens is 4. The van der Waals surface area contributed by atoms with Gasteiger partial charge in [0.25, 0.3) is 10.0 Å². The van der Waals surface area contributed by atoms with Gasteiger partial charge in [0.1, 0.15) is 12.3 Å². The summed E-state index contributed by atoms with van der Waals surface area (Å²) >= 11 is 5.67. The maximum Gasteiger partial charge on any atom is 0.417 e. The van der Waals surface area contributed by atoms with Gasteiger partial charge < -0.3 is 9.73 Å². The molecule has 0 radical (unpaired) electrons. The van der Waals surface area contributed by atoms with Crippen molar-refractivity contribution >= 4 is 33.2 Å². The molecule has 1 amide bonds. The number of rotatable bonds is 7. The maximum atomic E-state index is 13.4. The van der Waals surface area contributed by atoms with E-state index in [1.807, 2.05) is 0 Å². The van der Waals surface area contributed by atoms with E-state index in [2.05, 4.69) is 5.32 Å². The highest BCUT2D eigenvalue weighted by molar-refractivity contribution is 7.92. The third-order valence-corrected chi connectivity index (χ3v) is 6.60. The number of aryl methyl sites for hydroxylation is 1.